The van der Waals surface area contributed by atoms with Crippen molar-refractivity contribution < 1.29 is 9.90 Å². The molecule has 0 bridgehead atoms. The summed E-state index contributed by atoms with van der Waals surface area (Å²) in [5.74, 6) is 1.77. The van der Waals surface area contributed by atoms with Crippen LogP contribution in [0.3, 0.4) is 0 Å². The van der Waals surface area contributed by atoms with E-state index in [1.165, 1.54) is 55.6 Å². The summed E-state index contributed by atoms with van der Waals surface area (Å²) in [6.07, 6.45) is 9.80. The molecule has 0 aliphatic rings. The van der Waals surface area contributed by atoms with Gasteiger partial charge in [-0.1, -0.05) is 107 Å². The van der Waals surface area contributed by atoms with Crippen molar-refractivity contribution in [1.29, 1.82) is 0 Å². The molecule has 3 heteroatoms. The quantitative estimate of drug-likeness (QED) is 0.259. The maximum absolute atomic E-state index is 11.4. The minimum Gasteiger partial charge on any atom is -0.481 e. The van der Waals surface area contributed by atoms with Gasteiger partial charge in [0.15, 0.2) is 0 Å². The average Bonchev–Trinajstić information content (AvgIpc) is 2.78. The second-order valence-electron chi connectivity index (χ2n) is 9.98. The van der Waals surface area contributed by atoms with Gasteiger partial charge in [0.25, 0.3) is 0 Å². The van der Waals surface area contributed by atoms with Gasteiger partial charge in [0.1, 0.15) is 0 Å². The molecule has 0 aliphatic carbocycles. The first-order chi connectivity index (χ1) is 15.3. The minimum absolute atomic E-state index is 0.201. The van der Waals surface area contributed by atoms with Gasteiger partial charge in [-0.25, -0.2) is 0 Å². The number of unbranched alkanes of at least 4 members (excludes halogenated alkanes) is 4. The largest absolute Gasteiger partial charge is 0.481 e. The topological polar surface area (TPSA) is 37.3 Å². The van der Waals surface area contributed by atoms with Gasteiger partial charge < -0.3 is 5.11 Å². The van der Waals surface area contributed by atoms with Crippen molar-refractivity contribution >= 4 is 17.7 Å². The lowest BCUT2D eigenvalue weighted by atomic mass is 9.75. The Kier molecular flexibility index (Phi) is 11.4. The molecular formula is C29H42O2S. The number of thioether (sulfide) groups is 1. The fourth-order valence-electron chi connectivity index (χ4n) is 4.49. The monoisotopic (exact) mass is 454 g/mol. The Morgan fingerprint density at radius 3 is 1.75 bits per heavy atom. The molecular weight excluding hydrogens is 412 g/mol. The number of carboxylic acids is 1. The van der Waals surface area contributed by atoms with Crippen molar-refractivity contribution in [3.8, 4) is 0 Å². The Bertz CT molecular complexity index is 772. The van der Waals surface area contributed by atoms with Gasteiger partial charge in [0, 0.05) is 5.41 Å². The van der Waals surface area contributed by atoms with E-state index in [9.17, 15) is 9.90 Å². The molecule has 0 aromatic heterocycles. The highest BCUT2D eigenvalue weighted by Crippen LogP contribution is 2.33. The van der Waals surface area contributed by atoms with Crippen molar-refractivity contribution in [1.82, 2.24) is 0 Å². The van der Waals surface area contributed by atoms with Crippen molar-refractivity contribution in [3.63, 3.8) is 0 Å². The van der Waals surface area contributed by atoms with E-state index < -0.39 is 5.97 Å². The van der Waals surface area contributed by atoms with Crippen LogP contribution in [0.4, 0.5) is 0 Å². The predicted octanol–water partition coefficient (Wildman–Crippen LogP) is 8.25. The van der Waals surface area contributed by atoms with Crippen molar-refractivity contribution in [3.05, 3.63) is 71.8 Å². The van der Waals surface area contributed by atoms with E-state index in [1.807, 2.05) is 18.2 Å². The van der Waals surface area contributed by atoms with E-state index >= 15 is 0 Å². The van der Waals surface area contributed by atoms with Gasteiger partial charge >= 0.3 is 5.97 Å². The molecule has 2 rings (SSSR count). The van der Waals surface area contributed by atoms with Gasteiger partial charge in [0.05, 0.1) is 6.42 Å². The Morgan fingerprint density at radius 1 is 0.719 bits per heavy atom. The third kappa shape index (κ3) is 9.40. The highest BCUT2D eigenvalue weighted by molar-refractivity contribution is 7.99. The van der Waals surface area contributed by atoms with E-state index in [1.54, 1.807) is 0 Å². The fraction of sp³-hybridized carbons (Fsp3) is 0.552. The molecule has 0 fully saturated rings. The number of carbonyl (C=O) groups is 1. The number of hydrogen-bond donors (Lipinski definition) is 1. The molecule has 1 N–H and O–H groups in total. The molecule has 176 valence electrons. The van der Waals surface area contributed by atoms with Gasteiger partial charge in [-0.05, 0) is 53.7 Å². The summed E-state index contributed by atoms with van der Waals surface area (Å²) in [6.45, 7) is 6.82. The van der Waals surface area contributed by atoms with E-state index in [-0.39, 0.29) is 17.3 Å². The summed E-state index contributed by atoms with van der Waals surface area (Å²) in [6, 6.07) is 21.0. The molecule has 2 nitrogen and oxygen atoms in total. The number of benzene rings is 2. The van der Waals surface area contributed by atoms with Gasteiger partial charge in [-0.2, -0.15) is 11.8 Å². The van der Waals surface area contributed by atoms with Crippen LogP contribution in [0.15, 0.2) is 60.7 Å². The third-order valence-corrected chi connectivity index (χ3v) is 7.83. The van der Waals surface area contributed by atoms with Crippen molar-refractivity contribution in [2.45, 2.75) is 89.4 Å². The lowest BCUT2D eigenvalue weighted by Crippen LogP contribution is -2.25. The molecule has 1 atom stereocenters. The molecule has 0 heterocycles. The highest BCUT2D eigenvalue weighted by atomic mass is 32.2. The summed E-state index contributed by atoms with van der Waals surface area (Å²) >= 11 is 2.08. The van der Waals surface area contributed by atoms with Crippen molar-refractivity contribution in [2.75, 3.05) is 11.5 Å². The molecule has 0 amide bonds. The molecule has 0 aliphatic heterocycles. The van der Waals surface area contributed by atoms with Crippen LogP contribution in [0.1, 0.15) is 89.7 Å². The maximum atomic E-state index is 11.4. The lowest BCUT2D eigenvalue weighted by molar-refractivity contribution is -0.138. The number of hydrogen-bond acceptors (Lipinski definition) is 2. The van der Waals surface area contributed by atoms with Crippen LogP contribution >= 0.6 is 11.8 Å². The lowest BCUT2D eigenvalue weighted by Gasteiger charge is -2.28. The molecule has 0 radical (unpaired) electrons. The first-order valence-corrected chi connectivity index (χ1v) is 13.4. The van der Waals surface area contributed by atoms with Gasteiger partial charge in [-0.3, -0.25) is 4.79 Å². The number of carboxylic acid groups (broad SMARTS) is 1. The van der Waals surface area contributed by atoms with E-state index in [4.69, 9.17) is 0 Å². The van der Waals surface area contributed by atoms with Crippen LogP contribution in [-0.2, 0) is 15.6 Å². The molecule has 0 saturated carbocycles. The Hall–Kier alpha value is -1.74. The summed E-state index contributed by atoms with van der Waals surface area (Å²) in [4.78, 5) is 11.4. The summed E-state index contributed by atoms with van der Waals surface area (Å²) < 4.78 is 0. The average molecular weight is 455 g/mol. The predicted molar refractivity (Wildman–Crippen MR) is 140 cm³/mol. The van der Waals surface area contributed by atoms with Crippen LogP contribution in [-0.4, -0.2) is 22.6 Å². The van der Waals surface area contributed by atoms with Crippen LogP contribution in [0.2, 0.25) is 0 Å². The second kappa shape index (κ2) is 13.7. The molecule has 0 spiro atoms. The normalized spacial score (nSPS) is 13.6. The molecule has 32 heavy (non-hydrogen) atoms. The van der Waals surface area contributed by atoms with E-state index in [0.29, 0.717) is 0 Å². The van der Waals surface area contributed by atoms with Crippen LogP contribution in [0.25, 0.3) is 0 Å². The number of rotatable bonds is 16. The van der Waals surface area contributed by atoms with E-state index in [0.717, 1.165) is 18.4 Å². The Morgan fingerprint density at radius 2 is 1.22 bits per heavy atom. The summed E-state index contributed by atoms with van der Waals surface area (Å²) in [7, 11) is 0. The first-order valence-electron chi connectivity index (χ1n) is 12.2. The smallest absolute Gasteiger partial charge is 0.304 e. The zero-order valence-electron chi connectivity index (χ0n) is 20.3. The maximum Gasteiger partial charge on any atom is 0.304 e. The minimum atomic E-state index is -0.709. The highest BCUT2D eigenvalue weighted by Gasteiger charge is 2.28. The first kappa shape index (κ1) is 26.5. The molecule has 2 aromatic rings. The number of aliphatic carboxylic acids is 1. The van der Waals surface area contributed by atoms with Crippen LogP contribution in [0, 0.1) is 0 Å². The second-order valence-corrected chi connectivity index (χ2v) is 11.2. The standard InChI is InChI=1S/C29H42O2S/c1-28(2,25-16-8-4-9-17-25)20-12-6-14-22-32-23-15-7-13-21-29(3,24-27(30)31)26-18-10-5-11-19-26/h4-5,8-11,16-19H,6-7,12-15,20-24H2,1-3H3,(H,30,31). The zero-order chi connectivity index (χ0) is 23.3. The van der Waals surface area contributed by atoms with Crippen LogP contribution in [0.5, 0.6) is 0 Å². The zero-order valence-corrected chi connectivity index (χ0v) is 21.1. The molecule has 0 saturated heterocycles. The van der Waals surface area contributed by atoms with Crippen molar-refractivity contribution in [2.24, 2.45) is 0 Å². The van der Waals surface area contributed by atoms with Gasteiger partial charge in [0.2, 0.25) is 0 Å². The van der Waals surface area contributed by atoms with Crippen LogP contribution < -0.4 is 0 Å². The Balaban J connectivity index is 1.54. The van der Waals surface area contributed by atoms with Gasteiger partial charge in [-0.15, -0.1) is 0 Å². The summed E-state index contributed by atoms with van der Waals surface area (Å²) in [5, 5.41) is 9.37. The Labute approximate surface area is 200 Å². The summed E-state index contributed by atoms with van der Waals surface area (Å²) in [5.41, 5.74) is 2.59. The molecule has 1 unspecified atom stereocenters. The molecule has 2 aromatic carbocycles. The van der Waals surface area contributed by atoms with E-state index in [2.05, 4.69) is 75.0 Å². The SMILES string of the molecule is CC(C)(CCCCCSCCCCCC(C)(CC(=O)O)c1ccccc1)c1ccccc1. The third-order valence-electron chi connectivity index (χ3n) is 6.68. The fourth-order valence-corrected chi connectivity index (χ4v) is 5.51.